The molecular weight excluding hydrogens is 983 g/mol. The van der Waals surface area contributed by atoms with E-state index in [-0.39, 0.29) is 84.9 Å². The molecule has 2 aromatic heterocycles. The Morgan fingerprint density at radius 2 is 0.712 bits per heavy atom. The van der Waals surface area contributed by atoms with E-state index in [1.54, 1.807) is 65.2 Å². The number of hydrogen-bond acceptors (Lipinski definition) is 3. The van der Waals surface area contributed by atoms with Gasteiger partial charge >= 0.3 is 24.7 Å². The first kappa shape index (κ1) is 48.2. The van der Waals surface area contributed by atoms with Crippen LogP contribution in [0.1, 0.15) is 22.3 Å². The Hall–Kier alpha value is -8.41. The van der Waals surface area contributed by atoms with Crippen LogP contribution < -0.4 is 0 Å². The van der Waals surface area contributed by atoms with Crippen molar-refractivity contribution >= 4 is 21.8 Å². The first-order chi connectivity index (χ1) is 34.5. The molecular formula is C55H28F14N4. The monoisotopic (exact) mass is 1010 g/mol. The molecule has 0 aliphatic heterocycles. The lowest BCUT2D eigenvalue weighted by molar-refractivity contribution is -0.144. The van der Waals surface area contributed by atoms with Gasteiger partial charge in [-0.2, -0.15) is 52.7 Å². The summed E-state index contributed by atoms with van der Waals surface area (Å²) in [7, 11) is 0. The maximum Gasteiger partial charge on any atom is 0.416 e. The minimum atomic E-state index is -5.23. The number of hydrogen-bond donors (Lipinski definition) is 0. The second kappa shape index (κ2) is 17.7. The summed E-state index contributed by atoms with van der Waals surface area (Å²) in [6, 6.07) is 34.6. The summed E-state index contributed by atoms with van der Waals surface area (Å²) in [5, 5.41) is 0.108. The fourth-order valence-electron chi connectivity index (χ4n) is 8.61. The van der Waals surface area contributed by atoms with E-state index in [1.165, 1.54) is 60.7 Å². The van der Waals surface area contributed by atoms with Crippen molar-refractivity contribution in [3.05, 3.63) is 204 Å². The lowest BCUT2D eigenvalue weighted by Gasteiger charge is -2.17. The predicted molar refractivity (Wildman–Crippen MR) is 247 cm³/mol. The molecule has 0 aliphatic rings. The SMILES string of the molecule is Fc1ccc(-c2ccc(-c3nc(-c4ccccc4)nc(-c4ccccc4)n3)c(-n3c4ccc(-c5cc(C(F)(F)F)cc(C(F)(F)F)c5)cc4c4cc(-c5cc(C(F)(F)F)cc(C(F)(F)F)c5)ccc43)c2)c(F)c1. The van der Waals surface area contributed by atoms with E-state index in [1.807, 2.05) is 0 Å². The number of fused-ring (bicyclic) bond motifs is 3. The normalized spacial score (nSPS) is 12.5. The van der Waals surface area contributed by atoms with Crippen molar-refractivity contribution in [2.75, 3.05) is 0 Å². The van der Waals surface area contributed by atoms with Crippen LogP contribution in [0.25, 0.3) is 95.0 Å². The van der Waals surface area contributed by atoms with Crippen molar-refractivity contribution in [2.24, 2.45) is 0 Å². The molecule has 366 valence electrons. The molecule has 0 bridgehead atoms. The van der Waals surface area contributed by atoms with E-state index < -0.39 is 69.7 Å². The summed E-state index contributed by atoms with van der Waals surface area (Å²) in [4.78, 5) is 14.5. The third-order valence-corrected chi connectivity index (χ3v) is 12.0. The van der Waals surface area contributed by atoms with Gasteiger partial charge in [0.2, 0.25) is 0 Å². The van der Waals surface area contributed by atoms with Gasteiger partial charge in [0.1, 0.15) is 11.6 Å². The molecule has 0 aliphatic carbocycles. The molecule has 0 N–H and O–H groups in total. The molecule has 73 heavy (non-hydrogen) atoms. The summed E-state index contributed by atoms with van der Waals surface area (Å²) in [5.41, 5.74) is -6.05. The van der Waals surface area contributed by atoms with Crippen LogP contribution in [0.2, 0.25) is 0 Å². The predicted octanol–water partition coefficient (Wildman–Crippen LogP) is 17.3. The van der Waals surface area contributed by atoms with Gasteiger partial charge in [0.15, 0.2) is 17.5 Å². The second-order valence-corrected chi connectivity index (χ2v) is 16.8. The van der Waals surface area contributed by atoms with Crippen LogP contribution in [0.5, 0.6) is 0 Å². The molecule has 0 atom stereocenters. The highest BCUT2D eigenvalue weighted by atomic mass is 19.4. The largest absolute Gasteiger partial charge is 0.416 e. The molecule has 10 aromatic rings. The molecule has 0 saturated carbocycles. The lowest BCUT2D eigenvalue weighted by Crippen LogP contribution is -2.11. The van der Waals surface area contributed by atoms with Gasteiger partial charge < -0.3 is 4.57 Å². The van der Waals surface area contributed by atoms with Gasteiger partial charge in [0.25, 0.3) is 0 Å². The third kappa shape index (κ3) is 9.47. The van der Waals surface area contributed by atoms with Gasteiger partial charge in [-0.15, -0.1) is 0 Å². The first-order valence-corrected chi connectivity index (χ1v) is 21.6. The average Bonchev–Trinajstić information content (AvgIpc) is 3.68. The van der Waals surface area contributed by atoms with Crippen molar-refractivity contribution in [3.63, 3.8) is 0 Å². The zero-order chi connectivity index (χ0) is 51.8. The summed E-state index contributed by atoms with van der Waals surface area (Å²) in [5.74, 6) is -1.40. The summed E-state index contributed by atoms with van der Waals surface area (Å²) in [6.45, 7) is 0. The number of alkyl halides is 12. The average molecular weight is 1010 g/mol. The summed E-state index contributed by atoms with van der Waals surface area (Å²) < 4.78 is 202. The number of halogens is 14. The van der Waals surface area contributed by atoms with E-state index in [2.05, 4.69) is 0 Å². The van der Waals surface area contributed by atoms with E-state index in [4.69, 9.17) is 15.0 Å². The molecule has 4 nitrogen and oxygen atoms in total. The minimum absolute atomic E-state index is 0.0318. The molecule has 0 fully saturated rings. The fourth-order valence-corrected chi connectivity index (χ4v) is 8.61. The molecule has 0 unspecified atom stereocenters. The van der Waals surface area contributed by atoms with Crippen molar-refractivity contribution < 1.29 is 61.5 Å². The number of benzene rings is 8. The second-order valence-electron chi connectivity index (χ2n) is 16.8. The Balaban J connectivity index is 1.31. The number of nitrogens with zero attached hydrogens (tertiary/aromatic N) is 4. The summed E-state index contributed by atoms with van der Waals surface area (Å²) in [6.07, 6.45) is -20.9. The van der Waals surface area contributed by atoms with Gasteiger partial charge in [0.05, 0.1) is 39.0 Å². The third-order valence-electron chi connectivity index (χ3n) is 12.0. The topological polar surface area (TPSA) is 43.6 Å². The maximum atomic E-state index is 15.7. The molecule has 2 heterocycles. The molecule has 8 aromatic carbocycles. The van der Waals surface area contributed by atoms with E-state index >= 15 is 4.39 Å². The van der Waals surface area contributed by atoms with Gasteiger partial charge in [-0.3, -0.25) is 0 Å². The van der Waals surface area contributed by atoms with Crippen LogP contribution >= 0.6 is 0 Å². The molecule has 0 amide bonds. The van der Waals surface area contributed by atoms with Crippen LogP contribution in [0.15, 0.2) is 170 Å². The summed E-state index contributed by atoms with van der Waals surface area (Å²) >= 11 is 0. The minimum Gasteiger partial charge on any atom is -0.308 e. The van der Waals surface area contributed by atoms with Crippen molar-refractivity contribution in [2.45, 2.75) is 24.7 Å². The zero-order valence-electron chi connectivity index (χ0n) is 36.7. The Morgan fingerprint density at radius 1 is 0.315 bits per heavy atom. The molecule has 10 rings (SSSR count). The molecule has 0 radical (unpaired) electrons. The molecule has 0 saturated heterocycles. The van der Waals surface area contributed by atoms with Crippen LogP contribution in [0.4, 0.5) is 61.5 Å². The van der Waals surface area contributed by atoms with Crippen molar-refractivity contribution in [1.29, 1.82) is 0 Å². The van der Waals surface area contributed by atoms with Crippen LogP contribution in [0, 0.1) is 11.6 Å². The van der Waals surface area contributed by atoms with Gasteiger partial charge in [-0.05, 0) is 113 Å². The van der Waals surface area contributed by atoms with E-state index in [0.29, 0.717) is 41.5 Å². The molecule has 0 spiro atoms. The van der Waals surface area contributed by atoms with Gasteiger partial charge in [-0.25, -0.2) is 23.7 Å². The first-order valence-electron chi connectivity index (χ1n) is 21.6. The number of rotatable bonds is 7. The van der Waals surface area contributed by atoms with E-state index in [0.717, 1.165) is 6.07 Å². The highest BCUT2D eigenvalue weighted by molar-refractivity contribution is 6.12. The van der Waals surface area contributed by atoms with Crippen molar-refractivity contribution in [1.82, 2.24) is 19.5 Å². The van der Waals surface area contributed by atoms with Gasteiger partial charge in [0, 0.05) is 39.1 Å². The standard InChI is InChI=1S/C55H28F14N4/c56-40-14-16-41(45(57)28-40)33-11-15-42(51-71-49(29-7-3-1-4-8-29)70-50(72-51)30-9-5-2-6-10-30)48(25-33)73-46-17-12-31(34-19-36(52(58,59)60)26-37(20-34)53(61,62)63)23-43(46)44-24-32(13-18-47(44)73)35-21-38(54(64,65)66)27-39(22-35)55(67,68)69/h1-28H. The highest BCUT2D eigenvalue weighted by Crippen LogP contribution is 2.45. The lowest BCUT2D eigenvalue weighted by atomic mass is 9.96. The zero-order valence-corrected chi connectivity index (χ0v) is 36.7. The molecule has 18 heteroatoms. The Bertz CT molecular complexity index is 3510. The van der Waals surface area contributed by atoms with Crippen LogP contribution in [-0.4, -0.2) is 19.5 Å². The highest BCUT2D eigenvalue weighted by Gasteiger charge is 2.39. The Labute approximate surface area is 403 Å². The quantitative estimate of drug-likeness (QED) is 0.149. The number of aromatic nitrogens is 4. The van der Waals surface area contributed by atoms with Crippen LogP contribution in [0.3, 0.4) is 0 Å². The Kier molecular flexibility index (Phi) is 11.7. The fraction of sp³-hybridized carbons (Fsp3) is 0.0727. The maximum absolute atomic E-state index is 15.7. The van der Waals surface area contributed by atoms with Crippen LogP contribution in [-0.2, 0) is 24.7 Å². The van der Waals surface area contributed by atoms with Crippen molar-refractivity contribution in [3.8, 4) is 73.2 Å². The van der Waals surface area contributed by atoms with Gasteiger partial charge in [-0.1, -0.05) is 78.9 Å². The smallest absolute Gasteiger partial charge is 0.308 e. The Morgan fingerprint density at radius 3 is 1.12 bits per heavy atom. The van der Waals surface area contributed by atoms with E-state index in [9.17, 15) is 57.1 Å².